The molecule has 0 bridgehead atoms. The first-order valence-electron chi connectivity index (χ1n) is 7.21. The molecule has 1 aromatic carbocycles. The Morgan fingerprint density at radius 1 is 1.14 bits per heavy atom. The third kappa shape index (κ3) is 5.81. The van der Waals surface area contributed by atoms with Crippen molar-refractivity contribution in [2.75, 3.05) is 26.7 Å². The maximum atomic E-state index is 5.65. The molecule has 2 aromatic rings. The summed E-state index contributed by atoms with van der Waals surface area (Å²) in [6.45, 7) is 3.00. The fourth-order valence-electron chi connectivity index (χ4n) is 1.91. The Morgan fingerprint density at radius 2 is 1.82 bits per heavy atom. The van der Waals surface area contributed by atoms with Gasteiger partial charge in [-0.05, 0) is 36.4 Å². The van der Waals surface area contributed by atoms with Gasteiger partial charge in [0, 0.05) is 37.0 Å². The van der Waals surface area contributed by atoms with Crippen molar-refractivity contribution in [1.29, 1.82) is 0 Å². The second-order valence-electron chi connectivity index (χ2n) is 4.65. The van der Waals surface area contributed by atoms with Gasteiger partial charge < -0.3 is 19.9 Å². The summed E-state index contributed by atoms with van der Waals surface area (Å²) in [6, 6.07) is 11.8. The van der Waals surface area contributed by atoms with Crippen LogP contribution in [0.2, 0.25) is 0 Å². The molecule has 118 valence electrons. The predicted molar refractivity (Wildman–Crippen MR) is 93.4 cm³/mol. The molecule has 0 amide bonds. The summed E-state index contributed by atoms with van der Waals surface area (Å²) < 4.78 is 8.82. The summed E-state index contributed by atoms with van der Waals surface area (Å²) in [5.41, 5.74) is 0. The number of guanidine groups is 1. The van der Waals surface area contributed by atoms with Crippen molar-refractivity contribution in [3.8, 4) is 5.75 Å². The van der Waals surface area contributed by atoms with Crippen molar-refractivity contribution >= 4 is 21.9 Å². The van der Waals surface area contributed by atoms with Gasteiger partial charge in [-0.15, -0.1) is 0 Å². The monoisotopic (exact) mass is 364 g/mol. The maximum absolute atomic E-state index is 5.65. The van der Waals surface area contributed by atoms with Gasteiger partial charge in [0.05, 0.1) is 6.54 Å². The zero-order chi connectivity index (χ0) is 15.6. The van der Waals surface area contributed by atoms with E-state index in [0.717, 1.165) is 29.3 Å². The summed E-state index contributed by atoms with van der Waals surface area (Å²) in [4.78, 5) is 4.19. The molecule has 2 rings (SSSR count). The molecule has 0 spiro atoms. The molecule has 1 aromatic heterocycles. The van der Waals surface area contributed by atoms with E-state index < -0.39 is 0 Å². The quantitative estimate of drug-likeness (QED) is 0.450. The van der Waals surface area contributed by atoms with E-state index in [1.165, 1.54) is 0 Å². The fraction of sp³-hybridized carbons (Fsp3) is 0.312. The van der Waals surface area contributed by atoms with Gasteiger partial charge >= 0.3 is 0 Å². The first kappa shape index (κ1) is 16.4. The fourth-order valence-corrected chi connectivity index (χ4v) is 2.18. The van der Waals surface area contributed by atoms with Crippen molar-refractivity contribution in [3.05, 3.63) is 53.3 Å². The van der Waals surface area contributed by atoms with Crippen molar-refractivity contribution in [1.82, 2.24) is 15.2 Å². The number of ether oxygens (including phenoxy) is 1. The lowest BCUT2D eigenvalue weighted by Gasteiger charge is -2.13. The molecule has 0 saturated carbocycles. The standard InChI is InChI=1S/C16H21BrN4O/c1-18-16(19-8-12-21-10-2-3-11-21)20-9-13-22-15-6-4-14(17)5-7-15/h2-7,10-11H,8-9,12-13H2,1H3,(H2,18,19,20). The van der Waals surface area contributed by atoms with Gasteiger partial charge in [-0.1, -0.05) is 15.9 Å². The Bertz CT molecular complexity index is 566. The van der Waals surface area contributed by atoms with E-state index in [1.807, 2.05) is 48.8 Å². The van der Waals surface area contributed by atoms with Crippen LogP contribution in [0, 0.1) is 0 Å². The summed E-state index contributed by atoms with van der Waals surface area (Å²) >= 11 is 3.40. The zero-order valence-electron chi connectivity index (χ0n) is 12.6. The van der Waals surface area contributed by atoms with Crippen LogP contribution in [-0.2, 0) is 6.54 Å². The van der Waals surface area contributed by atoms with E-state index in [0.29, 0.717) is 13.2 Å². The third-order valence-electron chi connectivity index (χ3n) is 3.03. The number of rotatable bonds is 7. The number of aromatic nitrogens is 1. The van der Waals surface area contributed by atoms with Crippen molar-refractivity contribution in [2.45, 2.75) is 6.54 Å². The van der Waals surface area contributed by atoms with Crippen LogP contribution < -0.4 is 15.4 Å². The van der Waals surface area contributed by atoms with Crippen LogP contribution in [0.3, 0.4) is 0 Å². The summed E-state index contributed by atoms with van der Waals surface area (Å²) in [5, 5.41) is 6.50. The smallest absolute Gasteiger partial charge is 0.191 e. The van der Waals surface area contributed by atoms with Crippen LogP contribution >= 0.6 is 15.9 Å². The van der Waals surface area contributed by atoms with E-state index in [1.54, 1.807) is 7.05 Å². The molecule has 5 nitrogen and oxygen atoms in total. The molecule has 0 saturated heterocycles. The minimum atomic E-state index is 0.583. The number of nitrogens with zero attached hydrogens (tertiary/aromatic N) is 2. The lowest BCUT2D eigenvalue weighted by Crippen LogP contribution is -2.40. The van der Waals surface area contributed by atoms with Gasteiger partial charge in [-0.25, -0.2) is 0 Å². The van der Waals surface area contributed by atoms with E-state index >= 15 is 0 Å². The molecule has 2 N–H and O–H groups in total. The van der Waals surface area contributed by atoms with Gasteiger partial charge in [0.2, 0.25) is 0 Å². The van der Waals surface area contributed by atoms with E-state index in [9.17, 15) is 0 Å². The molecule has 0 unspecified atom stereocenters. The van der Waals surface area contributed by atoms with Gasteiger partial charge in [0.15, 0.2) is 5.96 Å². The number of nitrogens with one attached hydrogen (secondary N) is 2. The molecule has 6 heteroatoms. The molecular weight excluding hydrogens is 344 g/mol. The number of hydrogen-bond acceptors (Lipinski definition) is 2. The molecule has 0 aliphatic carbocycles. The molecule has 1 heterocycles. The Morgan fingerprint density at radius 3 is 2.50 bits per heavy atom. The zero-order valence-corrected chi connectivity index (χ0v) is 14.2. The highest BCUT2D eigenvalue weighted by molar-refractivity contribution is 9.10. The number of hydrogen-bond donors (Lipinski definition) is 2. The minimum Gasteiger partial charge on any atom is -0.492 e. The lowest BCUT2D eigenvalue weighted by atomic mass is 10.3. The van der Waals surface area contributed by atoms with Crippen LogP contribution in [0.1, 0.15) is 0 Å². The molecule has 0 aliphatic heterocycles. The Labute approximate surface area is 139 Å². The highest BCUT2D eigenvalue weighted by Crippen LogP contribution is 2.15. The summed E-state index contributed by atoms with van der Waals surface area (Å²) in [6.07, 6.45) is 4.09. The molecule has 0 aliphatic rings. The Hall–Kier alpha value is -1.95. The molecular formula is C16H21BrN4O. The van der Waals surface area contributed by atoms with E-state index in [-0.39, 0.29) is 0 Å². The summed E-state index contributed by atoms with van der Waals surface area (Å²) in [7, 11) is 1.76. The highest BCUT2D eigenvalue weighted by Gasteiger charge is 1.98. The van der Waals surface area contributed by atoms with Crippen LogP contribution in [0.25, 0.3) is 0 Å². The first-order chi connectivity index (χ1) is 10.8. The van der Waals surface area contributed by atoms with Gasteiger partial charge in [0.25, 0.3) is 0 Å². The first-order valence-corrected chi connectivity index (χ1v) is 8.01. The van der Waals surface area contributed by atoms with Gasteiger partial charge in [0.1, 0.15) is 12.4 Å². The van der Waals surface area contributed by atoms with Crippen LogP contribution in [0.4, 0.5) is 0 Å². The van der Waals surface area contributed by atoms with Crippen molar-refractivity contribution in [3.63, 3.8) is 0 Å². The topological polar surface area (TPSA) is 50.6 Å². The number of aliphatic imine (C=N–C) groups is 1. The SMILES string of the molecule is CN=C(NCCOc1ccc(Br)cc1)NCCn1cccc1. The van der Waals surface area contributed by atoms with Gasteiger partial charge in [-0.2, -0.15) is 0 Å². The molecule has 22 heavy (non-hydrogen) atoms. The Kier molecular flexibility index (Phi) is 6.83. The molecule has 0 fully saturated rings. The molecule has 0 radical (unpaired) electrons. The van der Waals surface area contributed by atoms with Crippen LogP contribution in [0.5, 0.6) is 5.75 Å². The van der Waals surface area contributed by atoms with Gasteiger partial charge in [-0.3, -0.25) is 4.99 Å². The second-order valence-corrected chi connectivity index (χ2v) is 5.56. The average Bonchev–Trinajstić information content (AvgIpc) is 3.04. The normalized spacial score (nSPS) is 11.3. The van der Waals surface area contributed by atoms with Crippen LogP contribution in [-0.4, -0.2) is 37.3 Å². The van der Waals surface area contributed by atoms with Crippen molar-refractivity contribution in [2.24, 2.45) is 4.99 Å². The number of benzene rings is 1. The largest absolute Gasteiger partial charge is 0.492 e. The Balaban J connectivity index is 1.60. The molecule has 0 atom stereocenters. The number of halogens is 1. The average molecular weight is 365 g/mol. The third-order valence-corrected chi connectivity index (χ3v) is 3.56. The second kappa shape index (κ2) is 9.15. The minimum absolute atomic E-state index is 0.583. The van der Waals surface area contributed by atoms with E-state index in [2.05, 4.69) is 36.1 Å². The summed E-state index contributed by atoms with van der Waals surface area (Å²) in [5.74, 6) is 1.65. The van der Waals surface area contributed by atoms with Crippen LogP contribution in [0.15, 0.2) is 58.3 Å². The van der Waals surface area contributed by atoms with Crippen molar-refractivity contribution < 1.29 is 4.74 Å². The highest BCUT2D eigenvalue weighted by atomic mass is 79.9. The maximum Gasteiger partial charge on any atom is 0.191 e. The lowest BCUT2D eigenvalue weighted by molar-refractivity contribution is 0.322. The predicted octanol–water partition coefficient (Wildman–Crippen LogP) is 2.49. The van der Waals surface area contributed by atoms with E-state index in [4.69, 9.17) is 4.74 Å².